The van der Waals surface area contributed by atoms with Crippen molar-refractivity contribution in [3.8, 4) is 0 Å². The second-order valence-corrected chi connectivity index (χ2v) is 7.72. The van der Waals surface area contributed by atoms with Gasteiger partial charge in [0.15, 0.2) is 0 Å². The van der Waals surface area contributed by atoms with Crippen LogP contribution in [-0.2, 0) is 9.59 Å². The smallest absolute Gasteiger partial charge is 0.246 e. The summed E-state index contributed by atoms with van der Waals surface area (Å²) in [4.78, 5) is 26.9. The lowest BCUT2D eigenvalue weighted by atomic mass is 9.82. The largest absolute Gasteiger partial charge is 0.342 e. The van der Waals surface area contributed by atoms with Gasteiger partial charge in [-0.2, -0.15) is 0 Å². The Morgan fingerprint density at radius 1 is 1.10 bits per heavy atom. The van der Waals surface area contributed by atoms with E-state index < -0.39 is 6.04 Å². The van der Waals surface area contributed by atoms with E-state index in [0.29, 0.717) is 13.0 Å². The topological polar surface area (TPSA) is 49.4 Å². The lowest BCUT2D eigenvalue weighted by Gasteiger charge is -2.45. The first-order chi connectivity index (χ1) is 9.03. The molecule has 0 aromatic rings. The van der Waals surface area contributed by atoms with Gasteiger partial charge in [0.25, 0.3) is 0 Å². The highest BCUT2D eigenvalue weighted by molar-refractivity contribution is 5.97. The van der Waals surface area contributed by atoms with Crippen LogP contribution < -0.4 is 5.32 Å². The molecule has 1 saturated heterocycles. The zero-order valence-electron chi connectivity index (χ0n) is 14.0. The molecule has 1 heterocycles. The molecule has 0 radical (unpaired) electrons. The molecule has 20 heavy (non-hydrogen) atoms. The summed E-state index contributed by atoms with van der Waals surface area (Å²) in [7, 11) is 0. The Morgan fingerprint density at radius 3 is 2.05 bits per heavy atom. The molecule has 2 unspecified atom stereocenters. The van der Waals surface area contributed by atoms with E-state index >= 15 is 0 Å². The van der Waals surface area contributed by atoms with Crippen LogP contribution in [-0.4, -0.2) is 35.3 Å². The number of carbonyl (C=O) groups excluding carboxylic acids is 2. The third-order valence-electron chi connectivity index (χ3n) is 4.30. The molecule has 1 aliphatic rings. The number of amides is 2. The van der Waals surface area contributed by atoms with E-state index in [1.165, 1.54) is 0 Å². The Balaban J connectivity index is 3.07. The number of carbonyl (C=O) groups is 2. The minimum atomic E-state index is -0.426. The molecule has 1 aliphatic heterocycles. The second kappa shape index (κ2) is 5.74. The predicted molar refractivity (Wildman–Crippen MR) is 81.2 cm³/mol. The van der Waals surface area contributed by atoms with Gasteiger partial charge in [0.2, 0.25) is 11.8 Å². The SMILES string of the molecule is CCC1C(=O)NC(C(C)(C)C)C(=O)N1CC(C)(C)CC. The maximum atomic E-state index is 12.8. The molecule has 0 aromatic heterocycles. The van der Waals surface area contributed by atoms with Gasteiger partial charge in [-0.1, -0.05) is 48.5 Å². The highest BCUT2D eigenvalue weighted by atomic mass is 16.2. The summed E-state index contributed by atoms with van der Waals surface area (Å²) in [5.41, 5.74) is -0.233. The van der Waals surface area contributed by atoms with Crippen LogP contribution in [0, 0.1) is 10.8 Å². The number of piperazine rings is 1. The van der Waals surface area contributed by atoms with Crippen molar-refractivity contribution >= 4 is 11.8 Å². The fourth-order valence-electron chi connectivity index (χ4n) is 2.51. The summed E-state index contributed by atoms with van der Waals surface area (Å²) in [5.74, 6) is 0.0457. The number of nitrogens with zero attached hydrogens (tertiary/aromatic N) is 1. The third kappa shape index (κ3) is 3.53. The van der Waals surface area contributed by atoms with E-state index in [2.05, 4.69) is 26.1 Å². The Bertz CT molecular complexity index is 382. The molecule has 2 atom stereocenters. The van der Waals surface area contributed by atoms with E-state index in [0.717, 1.165) is 6.42 Å². The quantitative estimate of drug-likeness (QED) is 0.861. The maximum absolute atomic E-state index is 12.8. The van der Waals surface area contributed by atoms with Crippen LogP contribution in [0.15, 0.2) is 0 Å². The molecule has 1 fully saturated rings. The molecule has 0 aromatic carbocycles. The Hall–Kier alpha value is -1.06. The number of rotatable bonds is 4. The molecule has 4 nitrogen and oxygen atoms in total. The number of nitrogens with one attached hydrogen (secondary N) is 1. The van der Waals surface area contributed by atoms with Gasteiger partial charge in [-0.3, -0.25) is 9.59 Å². The van der Waals surface area contributed by atoms with Crippen LogP contribution in [0.3, 0.4) is 0 Å². The standard InChI is InChI=1S/C16H30N2O2/c1-8-11-13(19)17-12(15(3,4)5)14(20)18(11)10-16(6,7)9-2/h11-12H,8-10H2,1-7H3,(H,17,19). The van der Waals surface area contributed by atoms with Crippen molar-refractivity contribution in [2.24, 2.45) is 10.8 Å². The average Bonchev–Trinajstić information content (AvgIpc) is 2.32. The summed E-state index contributed by atoms with van der Waals surface area (Å²) in [6, 6.07) is -0.752. The molecule has 1 rings (SSSR count). The van der Waals surface area contributed by atoms with Crippen LogP contribution in [0.1, 0.15) is 61.3 Å². The Kier molecular flexibility index (Phi) is 4.88. The molecular weight excluding hydrogens is 252 g/mol. The zero-order chi connectivity index (χ0) is 15.7. The summed E-state index contributed by atoms with van der Waals surface area (Å²) in [5, 5.41) is 2.91. The number of hydrogen-bond acceptors (Lipinski definition) is 2. The lowest BCUT2D eigenvalue weighted by molar-refractivity contribution is -0.154. The molecule has 2 amide bonds. The summed E-state index contributed by atoms with van der Waals surface area (Å²) in [6.45, 7) is 15.0. The Labute approximate surface area is 123 Å². The van der Waals surface area contributed by atoms with E-state index in [1.54, 1.807) is 4.90 Å². The molecule has 0 spiro atoms. The molecule has 4 heteroatoms. The fraction of sp³-hybridized carbons (Fsp3) is 0.875. The van der Waals surface area contributed by atoms with Crippen molar-refractivity contribution in [2.45, 2.75) is 73.4 Å². The predicted octanol–water partition coefficient (Wildman–Crippen LogP) is 2.57. The fourth-order valence-corrected chi connectivity index (χ4v) is 2.51. The summed E-state index contributed by atoms with van der Waals surface area (Å²) < 4.78 is 0. The highest BCUT2D eigenvalue weighted by Crippen LogP contribution is 2.29. The van der Waals surface area contributed by atoms with E-state index in [-0.39, 0.29) is 28.7 Å². The normalized spacial score (nSPS) is 24.9. The van der Waals surface area contributed by atoms with Crippen molar-refractivity contribution < 1.29 is 9.59 Å². The van der Waals surface area contributed by atoms with Crippen molar-refractivity contribution in [1.82, 2.24) is 10.2 Å². The lowest BCUT2D eigenvalue weighted by Crippen LogP contribution is -2.67. The first-order valence-electron chi connectivity index (χ1n) is 7.64. The Morgan fingerprint density at radius 2 is 1.65 bits per heavy atom. The van der Waals surface area contributed by atoms with Crippen LogP contribution in [0.2, 0.25) is 0 Å². The zero-order valence-corrected chi connectivity index (χ0v) is 14.0. The van der Waals surface area contributed by atoms with Crippen molar-refractivity contribution in [3.63, 3.8) is 0 Å². The van der Waals surface area contributed by atoms with Gasteiger partial charge in [0.05, 0.1) is 0 Å². The molecule has 116 valence electrons. The van der Waals surface area contributed by atoms with Crippen molar-refractivity contribution in [1.29, 1.82) is 0 Å². The van der Waals surface area contributed by atoms with Gasteiger partial charge in [0.1, 0.15) is 12.1 Å². The molecule has 1 N–H and O–H groups in total. The first kappa shape index (κ1) is 17.0. The van der Waals surface area contributed by atoms with Crippen LogP contribution >= 0.6 is 0 Å². The minimum absolute atomic E-state index is 0.0149. The van der Waals surface area contributed by atoms with Crippen LogP contribution in [0.4, 0.5) is 0 Å². The van der Waals surface area contributed by atoms with Crippen LogP contribution in [0.25, 0.3) is 0 Å². The van der Waals surface area contributed by atoms with Gasteiger partial charge in [-0.15, -0.1) is 0 Å². The monoisotopic (exact) mass is 282 g/mol. The molecule has 0 saturated carbocycles. The van der Waals surface area contributed by atoms with Gasteiger partial charge in [-0.05, 0) is 23.7 Å². The summed E-state index contributed by atoms with van der Waals surface area (Å²) in [6.07, 6.45) is 1.64. The number of hydrogen-bond donors (Lipinski definition) is 1. The average molecular weight is 282 g/mol. The van der Waals surface area contributed by atoms with E-state index in [4.69, 9.17) is 0 Å². The molecule has 0 aliphatic carbocycles. The maximum Gasteiger partial charge on any atom is 0.246 e. The highest BCUT2D eigenvalue weighted by Gasteiger charge is 2.45. The van der Waals surface area contributed by atoms with Crippen molar-refractivity contribution in [3.05, 3.63) is 0 Å². The van der Waals surface area contributed by atoms with Gasteiger partial charge >= 0.3 is 0 Å². The van der Waals surface area contributed by atoms with Crippen LogP contribution in [0.5, 0.6) is 0 Å². The summed E-state index contributed by atoms with van der Waals surface area (Å²) >= 11 is 0. The van der Waals surface area contributed by atoms with Gasteiger partial charge in [-0.25, -0.2) is 0 Å². The van der Waals surface area contributed by atoms with Crippen molar-refractivity contribution in [2.75, 3.05) is 6.54 Å². The van der Waals surface area contributed by atoms with E-state index in [9.17, 15) is 9.59 Å². The van der Waals surface area contributed by atoms with Gasteiger partial charge < -0.3 is 10.2 Å². The molecular formula is C16H30N2O2. The molecule has 0 bridgehead atoms. The van der Waals surface area contributed by atoms with Gasteiger partial charge in [0, 0.05) is 6.54 Å². The first-order valence-corrected chi connectivity index (χ1v) is 7.64. The van der Waals surface area contributed by atoms with E-state index in [1.807, 2.05) is 27.7 Å². The third-order valence-corrected chi connectivity index (χ3v) is 4.30. The second-order valence-electron chi connectivity index (χ2n) is 7.72. The minimum Gasteiger partial charge on any atom is -0.342 e.